The number of hydrogen-bond donors (Lipinski definition) is 3. The van der Waals surface area contributed by atoms with Crippen LogP contribution < -0.4 is 20.9 Å². The molecule has 1 aliphatic rings. The molecule has 1 heterocycles. The summed E-state index contributed by atoms with van der Waals surface area (Å²) in [6.07, 6.45) is 2.41. The number of rotatable bonds is 8. The molecule has 1 fully saturated rings. The van der Waals surface area contributed by atoms with Crippen LogP contribution in [0.1, 0.15) is 37.8 Å². The smallest absolute Gasteiger partial charge is 0.315 e. The van der Waals surface area contributed by atoms with Crippen LogP contribution in [0.15, 0.2) is 54.6 Å². The largest absolute Gasteiger partial charge is 0.371 e. The highest BCUT2D eigenvalue weighted by atomic mass is 16.2. The third-order valence-corrected chi connectivity index (χ3v) is 5.42. The van der Waals surface area contributed by atoms with Gasteiger partial charge in [0.1, 0.15) is 6.04 Å². The predicted octanol–water partition coefficient (Wildman–Crippen LogP) is 3.43. The first kappa shape index (κ1) is 21.7. The normalized spacial score (nSPS) is 14.4. The summed E-state index contributed by atoms with van der Waals surface area (Å²) < 4.78 is 0. The zero-order valence-electron chi connectivity index (χ0n) is 17.9. The second-order valence-electron chi connectivity index (χ2n) is 8.07. The molecule has 0 spiro atoms. The Hall–Kier alpha value is -3.02. The minimum atomic E-state index is -0.597. The van der Waals surface area contributed by atoms with Crippen molar-refractivity contribution in [2.24, 2.45) is 5.92 Å². The maximum absolute atomic E-state index is 12.8. The molecule has 3 amide bonds. The second kappa shape index (κ2) is 10.7. The molecule has 6 heteroatoms. The van der Waals surface area contributed by atoms with Crippen molar-refractivity contribution in [2.45, 2.75) is 45.8 Å². The first-order valence-electron chi connectivity index (χ1n) is 10.7. The van der Waals surface area contributed by atoms with E-state index in [4.69, 9.17) is 0 Å². The van der Waals surface area contributed by atoms with Crippen molar-refractivity contribution in [1.82, 2.24) is 16.0 Å². The first-order valence-corrected chi connectivity index (χ1v) is 10.7. The Morgan fingerprint density at radius 2 is 1.57 bits per heavy atom. The third kappa shape index (κ3) is 5.99. The molecule has 0 bridgehead atoms. The molecule has 0 aliphatic carbocycles. The molecule has 3 N–H and O–H groups in total. The Morgan fingerprint density at radius 3 is 2.27 bits per heavy atom. The van der Waals surface area contributed by atoms with Crippen molar-refractivity contribution in [1.29, 1.82) is 0 Å². The number of urea groups is 1. The van der Waals surface area contributed by atoms with Gasteiger partial charge in [0.15, 0.2) is 0 Å². The molecule has 2 aromatic rings. The lowest BCUT2D eigenvalue weighted by Crippen LogP contribution is -2.52. The van der Waals surface area contributed by atoms with Gasteiger partial charge in [-0.25, -0.2) is 4.79 Å². The lowest BCUT2D eigenvalue weighted by molar-refractivity contribution is -0.124. The van der Waals surface area contributed by atoms with Gasteiger partial charge in [-0.15, -0.1) is 0 Å². The van der Waals surface area contributed by atoms with E-state index < -0.39 is 6.04 Å². The highest BCUT2D eigenvalue weighted by molar-refractivity contribution is 5.87. The molecule has 1 unspecified atom stereocenters. The van der Waals surface area contributed by atoms with E-state index in [9.17, 15) is 9.59 Å². The monoisotopic (exact) mass is 408 g/mol. The summed E-state index contributed by atoms with van der Waals surface area (Å²) in [5, 5.41) is 8.66. The van der Waals surface area contributed by atoms with Gasteiger partial charge in [0.25, 0.3) is 0 Å². The standard InChI is InChI=1S/C24H32N4O2/c1-18(2)22(27-24(30)26-16-19-10-4-3-5-11-19)23(29)25-17-20-12-6-7-13-21(20)28-14-8-9-15-28/h3-7,10-13,18,22H,8-9,14-17H2,1-2H3,(H,25,29)(H2,26,27,30). The molecule has 1 aliphatic heterocycles. The number of benzene rings is 2. The summed E-state index contributed by atoms with van der Waals surface area (Å²) in [5.41, 5.74) is 3.30. The highest BCUT2D eigenvalue weighted by Gasteiger charge is 2.24. The van der Waals surface area contributed by atoms with Crippen LogP contribution in [-0.2, 0) is 17.9 Å². The predicted molar refractivity (Wildman–Crippen MR) is 120 cm³/mol. The Kier molecular flexibility index (Phi) is 7.71. The van der Waals surface area contributed by atoms with Gasteiger partial charge in [-0.1, -0.05) is 62.4 Å². The van der Waals surface area contributed by atoms with Gasteiger partial charge >= 0.3 is 6.03 Å². The third-order valence-electron chi connectivity index (χ3n) is 5.42. The summed E-state index contributed by atoms with van der Waals surface area (Å²) in [7, 11) is 0. The van der Waals surface area contributed by atoms with Crippen molar-refractivity contribution in [3.63, 3.8) is 0 Å². The minimum Gasteiger partial charge on any atom is -0.371 e. The van der Waals surface area contributed by atoms with Crippen LogP contribution in [0.3, 0.4) is 0 Å². The quantitative estimate of drug-likeness (QED) is 0.627. The summed E-state index contributed by atoms with van der Waals surface area (Å²) in [6, 6.07) is 17.0. The van der Waals surface area contributed by atoms with Crippen LogP contribution in [-0.4, -0.2) is 31.1 Å². The van der Waals surface area contributed by atoms with Crippen LogP contribution in [0.25, 0.3) is 0 Å². The number of anilines is 1. The van der Waals surface area contributed by atoms with E-state index in [2.05, 4.69) is 33.0 Å². The molecule has 3 rings (SSSR count). The zero-order valence-corrected chi connectivity index (χ0v) is 17.9. The van der Waals surface area contributed by atoms with Crippen molar-refractivity contribution in [2.75, 3.05) is 18.0 Å². The van der Waals surface area contributed by atoms with Gasteiger partial charge in [0.05, 0.1) is 0 Å². The molecule has 0 saturated carbocycles. The SMILES string of the molecule is CC(C)C(NC(=O)NCc1ccccc1)C(=O)NCc1ccccc1N1CCCC1. The van der Waals surface area contributed by atoms with E-state index in [1.54, 1.807) is 0 Å². The van der Waals surface area contributed by atoms with E-state index in [0.29, 0.717) is 13.1 Å². The van der Waals surface area contributed by atoms with Crippen molar-refractivity contribution in [3.8, 4) is 0 Å². The van der Waals surface area contributed by atoms with E-state index in [0.717, 1.165) is 24.2 Å². The number of nitrogens with one attached hydrogen (secondary N) is 3. The van der Waals surface area contributed by atoms with Gasteiger partial charge in [-0.05, 0) is 36.0 Å². The van der Waals surface area contributed by atoms with Crippen molar-refractivity contribution in [3.05, 3.63) is 65.7 Å². The Bertz CT molecular complexity index is 832. The molecule has 0 aromatic heterocycles. The van der Waals surface area contributed by atoms with Crippen LogP contribution in [0.2, 0.25) is 0 Å². The molecular formula is C24H32N4O2. The van der Waals surface area contributed by atoms with Gasteiger partial charge in [-0.3, -0.25) is 4.79 Å². The number of amides is 3. The van der Waals surface area contributed by atoms with E-state index in [-0.39, 0.29) is 17.9 Å². The number of para-hydroxylation sites is 1. The van der Waals surface area contributed by atoms with Gasteiger partial charge in [0, 0.05) is 31.9 Å². The van der Waals surface area contributed by atoms with E-state index in [1.807, 2.05) is 56.3 Å². The second-order valence-corrected chi connectivity index (χ2v) is 8.07. The molecule has 1 atom stereocenters. The molecule has 160 valence electrons. The maximum Gasteiger partial charge on any atom is 0.315 e. The Balaban J connectivity index is 1.55. The van der Waals surface area contributed by atoms with Crippen LogP contribution in [0.4, 0.5) is 10.5 Å². The van der Waals surface area contributed by atoms with E-state index >= 15 is 0 Å². The van der Waals surface area contributed by atoms with Crippen LogP contribution in [0.5, 0.6) is 0 Å². The van der Waals surface area contributed by atoms with Gasteiger partial charge in [0.2, 0.25) is 5.91 Å². The number of carbonyl (C=O) groups is 2. The first-order chi connectivity index (χ1) is 14.5. The summed E-state index contributed by atoms with van der Waals surface area (Å²) in [4.78, 5) is 27.5. The van der Waals surface area contributed by atoms with Crippen molar-refractivity contribution < 1.29 is 9.59 Å². The summed E-state index contributed by atoms with van der Waals surface area (Å²) >= 11 is 0. The molecule has 30 heavy (non-hydrogen) atoms. The van der Waals surface area contributed by atoms with Crippen LogP contribution >= 0.6 is 0 Å². The molecule has 2 aromatic carbocycles. The fourth-order valence-electron chi connectivity index (χ4n) is 3.72. The molecule has 1 saturated heterocycles. The molecular weight excluding hydrogens is 376 g/mol. The number of hydrogen-bond acceptors (Lipinski definition) is 3. The highest BCUT2D eigenvalue weighted by Crippen LogP contribution is 2.24. The lowest BCUT2D eigenvalue weighted by Gasteiger charge is -2.24. The van der Waals surface area contributed by atoms with Crippen LogP contribution in [0, 0.1) is 5.92 Å². The Labute approximate surface area is 179 Å². The number of nitrogens with zero attached hydrogens (tertiary/aromatic N) is 1. The van der Waals surface area contributed by atoms with Crippen molar-refractivity contribution >= 4 is 17.6 Å². The number of carbonyl (C=O) groups excluding carboxylic acids is 2. The fraction of sp³-hybridized carbons (Fsp3) is 0.417. The maximum atomic E-state index is 12.8. The van der Waals surface area contributed by atoms with Gasteiger partial charge < -0.3 is 20.9 Å². The summed E-state index contributed by atoms with van der Waals surface area (Å²) in [6.45, 7) is 6.84. The average molecular weight is 409 g/mol. The fourth-order valence-corrected chi connectivity index (χ4v) is 3.72. The van der Waals surface area contributed by atoms with Gasteiger partial charge in [-0.2, -0.15) is 0 Å². The molecule has 0 radical (unpaired) electrons. The topological polar surface area (TPSA) is 73.5 Å². The summed E-state index contributed by atoms with van der Waals surface area (Å²) in [5.74, 6) is -0.197. The molecule has 6 nitrogen and oxygen atoms in total. The average Bonchev–Trinajstić information content (AvgIpc) is 3.30. The lowest BCUT2D eigenvalue weighted by atomic mass is 10.0. The Morgan fingerprint density at radius 1 is 0.900 bits per heavy atom. The minimum absolute atomic E-state index is 0.0266. The van der Waals surface area contributed by atoms with E-state index in [1.165, 1.54) is 18.5 Å². The zero-order chi connectivity index (χ0) is 21.3.